The fraction of sp³-hybridized carbons (Fsp3) is 0.435. The molecule has 0 aliphatic heterocycles. The summed E-state index contributed by atoms with van der Waals surface area (Å²) in [7, 11) is 0. The number of alkyl halides is 2. The molecule has 3 aromatic rings. The number of aliphatic hydroxyl groups excluding tert-OH is 1. The van der Waals surface area contributed by atoms with Gasteiger partial charge in [0, 0.05) is 36.2 Å². The van der Waals surface area contributed by atoms with Gasteiger partial charge in [-0.25, -0.2) is 4.98 Å². The number of carbonyl (C=O) groups excluding carboxylic acids is 2. The van der Waals surface area contributed by atoms with Gasteiger partial charge in [0.1, 0.15) is 22.4 Å². The van der Waals surface area contributed by atoms with Gasteiger partial charge in [0.25, 0.3) is 5.91 Å². The summed E-state index contributed by atoms with van der Waals surface area (Å²) in [5, 5.41) is 25.3. The Hall–Kier alpha value is -3.02. The van der Waals surface area contributed by atoms with Crippen LogP contribution in [-0.2, 0) is 11.3 Å². The van der Waals surface area contributed by atoms with Crippen LogP contribution < -0.4 is 10.6 Å². The van der Waals surface area contributed by atoms with Crippen molar-refractivity contribution in [1.29, 1.82) is 0 Å². The molecule has 0 aliphatic rings. The summed E-state index contributed by atoms with van der Waals surface area (Å²) in [5.41, 5.74) is 2.43. The number of nitrogens with zero attached hydrogens (tertiary/aromatic N) is 4. The second-order valence-corrected chi connectivity index (χ2v) is 9.47. The van der Waals surface area contributed by atoms with Crippen LogP contribution in [0.1, 0.15) is 47.6 Å². The van der Waals surface area contributed by atoms with Crippen LogP contribution in [-0.4, -0.2) is 59.4 Å². The maximum Gasteiger partial charge on any atom is 0.270 e. The molecule has 0 aromatic carbocycles. The summed E-state index contributed by atoms with van der Waals surface area (Å²) < 4.78 is 16.3. The maximum atomic E-state index is 14.8. The van der Waals surface area contributed by atoms with Crippen molar-refractivity contribution >= 4 is 40.8 Å². The van der Waals surface area contributed by atoms with Crippen molar-refractivity contribution in [1.82, 2.24) is 30.3 Å². The highest BCUT2D eigenvalue weighted by molar-refractivity contribution is 6.44. The monoisotopic (exact) mass is 539 g/mol. The molecule has 13 heteroatoms. The lowest BCUT2D eigenvalue weighted by Gasteiger charge is -2.19. The molecule has 194 valence electrons. The lowest BCUT2D eigenvalue weighted by Crippen LogP contribution is -2.44. The van der Waals surface area contributed by atoms with Gasteiger partial charge in [-0.3, -0.25) is 19.4 Å². The predicted molar refractivity (Wildman–Crippen MR) is 134 cm³/mol. The number of aromatic nitrogens is 5. The van der Waals surface area contributed by atoms with E-state index in [1.165, 1.54) is 29.1 Å². The third-order valence-corrected chi connectivity index (χ3v) is 5.95. The lowest BCUT2D eigenvalue weighted by atomic mass is 10.1. The van der Waals surface area contributed by atoms with Gasteiger partial charge in [0.2, 0.25) is 11.9 Å². The van der Waals surface area contributed by atoms with Crippen molar-refractivity contribution < 1.29 is 19.1 Å². The molecular weight excluding hydrogens is 512 g/mol. The molecule has 10 nitrogen and oxygen atoms in total. The van der Waals surface area contributed by atoms with Crippen LogP contribution >= 0.6 is 23.2 Å². The first-order valence-corrected chi connectivity index (χ1v) is 12.3. The van der Waals surface area contributed by atoms with E-state index in [2.05, 4.69) is 30.9 Å². The Kier molecular flexibility index (Phi) is 9.80. The van der Waals surface area contributed by atoms with Crippen LogP contribution in [0, 0.1) is 19.8 Å². The van der Waals surface area contributed by atoms with Gasteiger partial charge >= 0.3 is 0 Å². The van der Waals surface area contributed by atoms with Crippen LogP contribution in [0.5, 0.6) is 0 Å². The van der Waals surface area contributed by atoms with Crippen molar-refractivity contribution in [2.24, 2.45) is 0 Å². The second-order valence-electron chi connectivity index (χ2n) is 8.20. The van der Waals surface area contributed by atoms with Crippen LogP contribution in [0.2, 0.25) is 0 Å². The zero-order valence-electron chi connectivity index (χ0n) is 19.9. The fourth-order valence-corrected chi connectivity index (χ4v) is 4.06. The molecule has 4 N–H and O–H groups in total. The molecule has 0 aliphatic carbocycles. The number of aryl methyl sites for hydroxylation is 3. The molecule has 0 unspecified atom stereocenters. The quantitative estimate of drug-likeness (QED) is 0.205. The first-order valence-electron chi connectivity index (χ1n) is 11.4. The van der Waals surface area contributed by atoms with E-state index >= 15 is 0 Å². The number of hydrogen-bond acceptors (Lipinski definition) is 6. The van der Waals surface area contributed by atoms with Crippen molar-refractivity contribution in [2.75, 3.05) is 11.9 Å². The molecule has 0 radical (unpaired) electrons. The molecule has 0 bridgehead atoms. The van der Waals surface area contributed by atoms with Gasteiger partial charge in [0.05, 0.1) is 5.69 Å². The van der Waals surface area contributed by atoms with Gasteiger partial charge in [-0.1, -0.05) is 0 Å². The number of aromatic amines is 1. The Morgan fingerprint density at radius 3 is 2.61 bits per heavy atom. The van der Waals surface area contributed by atoms with Crippen LogP contribution in [0.4, 0.5) is 10.2 Å². The summed E-state index contributed by atoms with van der Waals surface area (Å²) in [6.45, 7) is 3.82. The number of anilines is 1. The Balaban J connectivity index is 1.75. The van der Waals surface area contributed by atoms with Crippen LogP contribution in [0.3, 0.4) is 0 Å². The number of pyridine rings is 1. The fourth-order valence-electron chi connectivity index (χ4n) is 3.75. The molecule has 3 aromatic heterocycles. The second kappa shape index (κ2) is 12.8. The Bertz CT molecular complexity index is 1180. The molecule has 3 rings (SSSR count). The van der Waals surface area contributed by atoms with Gasteiger partial charge in [-0.05, 0) is 57.7 Å². The van der Waals surface area contributed by atoms with Gasteiger partial charge in [-0.2, -0.15) is 14.6 Å². The number of hydrogen-bond donors (Lipinski definition) is 4. The van der Waals surface area contributed by atoms with Crippen LogP contribution in [0.25, 0.3) is 11.1 Å². The number of carbonyl (C=O) groups is 2. The van der Waals surface area contributed by atoms with E-state index in [1.807, 2.05) is 0 Å². The molecule has 3 heterocycles. The number of amides is 2. The van der Waals surface area contributed by atoms with E-state index < -0.39 is 28.6 Å². The van der Waals surface area contributed by atoms with Gasteiger partial charge < -0.3 is 15.7 Å². The molecule has 36 heavy (non-hydrogen) atoms. The first kappa shape index (κ1) is 27.6. The van der Waals surface area contributed by atoms with Gasteiger partial charge in [-0.15, -0.1) is 23.2 Å². The number of nitrogens with one attached hydrogen (secondary N) is 3. The smallest absolute Gasteiger partial charge is 0.270 e. The summed E-state index contributed by atoms with van der Waals surface area (Å²) in [5.74, 6) is -1.85. The third kappa shape index (κ3) is 7.02. The lowest BCUT2D eigenvalue weighted by molar-refractivity contribution is -0.118. The van der Waals surface area contributed by atoms with E-state index in [9.17, 15) is 14.0 Å². The number of H-pyrrole nitrogens is 1. The molecular formula is C23H28Cl2FN7O3. The average molecular weight is 540 g/mol. The third-order valence-electron chi connectivity index (χ3n) is 5.51. The molecule has 0 saturated heterocycles. The zero-order valence-corrected chi connectivity index (χ0v) is 21.4. The molecule has 0 fully saturated rings. The number of halogens is 3. The summed E-state index contributed by atoms with van der Waals surface area (Å²) in [4.78, 5) is 29.2. The van der Waals surface area contributed by atoms with Crippen molar-refractivity contribution in [3.63, 3.8) is 0 Å². The average Bonchev–Trinajstić information content (AvgIpc) is 3.43. The van der Waals surface area contributed by atoms with Gasteiger partial charge in [0.15, 0.2) is 0 Å². The SMILES string of the molecule is Cc1n[nH]c(C)c1-c1ccc(NC(=O)[C@H](CCCC(Cl)Cl)NC(=O)c2ccnn2CCCO)nc1F. The maximum absolute atomic E-state index is 14.8. The van der Waals surface area contributed by atoms with Crippen LogP contribution in [0.15, 0.2) is 24.4 Å². The minimum Gasteiger partial charge on any atom is -0.396 e. The van der Waals surface area contributed by atoms with E-state index in [0.29, 0.717) is 42.8 Å². The predicted octanol–water partition coefficient (Wildman–Crippen LogP) is 3.52. The molecule has 2 amide bonds. The zero-order chi connectivity index (χ0) is 26.2. The Morgan fingerprint density at radius 1 is 1.19 bits per heavy atom. The normalized spacial score (nSPS) is 12.1. The summed E-state index contributed by atoms with van der Waals surface area (Å²) in [6, 6.07) is 3.55. The highest BCUT2D eigenvalue weighted by Crippen LogP contribution is 2.28. The topological polar surface area (TPSA) is 138 Å². The number of aliphatic hydroxyl groups is 1. The highest BCUT2D eigenvalue weighted by Gasteiger charge is 2.24. The number of rotatable bonds is 12. The summed E-state index contributed by atoms with van der Waals surface area (Å²) >= 11 is 11.6. The first-order chi connectivity index (χ1) is 17.2. The highest BCUT2D eigenvalue weighted by atomic mass is 35.5. The van der Waals surface area contributed by atoms with Crippen molar-refractivity contribution in [3.05, 3.63) is 47.4 Å². The standard InChI is InChI=1S/C23H28Cl2FN7O3/c1-13-20(14(2)32-31-13)15-7-8-19(29-21(15)26)30-22(35)16(5-3-6-18(24)25)28-23(36)17-9-10-27-33(17)11-4-12-34/h7-10,16,18,34H,3-6,11-12H2,1-2H3,(H,28,36)(H,31,32)(H,29,30,35)/t16-/m0/s1. The minimum absolute atomic E-state index is 0.000138. The molecule has 1 atom stereocenters. The van der Waals surface area contributed by atoms with Crippen molar-refractivity contribution in [2.45, 2.75) is 57.0 Å². The van der Waals surface area contributed by atoms with E-state index in [-0.39, 0.29) is 30.1 Å². The molecule has 0 spiro atoms. The van der Waals surface area contributed by atoms with E-state index in [4.69, 9.17) is 28.3 Å². The minimum atomic E-state index is -0.964. The molecule has 0 saturated carbocycles. The van der Waals surface area contributed by atoms with E-state index in [0.717, 1.165) is 0 Å². The van der Waals surface area contributed by atoms with Crippen molar-refractivity contribution in [3.8, 4) is 11.1 Å². The summed E-state index contributed by atoms with van der Waals surface area (Å²) in [6.07, 6.45) is 3.00. The largest absolute Gasteiger partial charge is 0.396 e. The van der Waals surface area contributed by atoms with E-state index in [1.54, 1.807) is 13.8 Å². The Labute approximate surface area is 217 Å². The Morgan fingerprint density at radius 2 is 1.97 bits per heavy atom.